The summed E-state index contributed by atoms with van der Waals surface area (Å²) in [5.74, 6) is 1.19. The van der Waals surface area contributed by atoms with E-state index in [0.29, 0.717) is 24.9 Å². The maximum atomic E-state index is 13.1. The minimum absolute atomic E-state index is 0.0357. The molecule has 0 atom stereocenters. The van der Waals surface area contributed by atoms with Crippen LogP contribution in [0.5, 0.6) is 0 Å². The van der Waals surface area contributed by atoms with Crippen molar-refractivity contribution >= 4 is 11.9 Å². The molecular formula is C24H32N6O3. The summed E-state index contributed by atoms with van der Waals surface area (Å²) < 4.78 is 5.49. The molecule has 2 aromatic rings. The van der Waals surface area contributed by atoms with Crippen molar-refractivity contribution in [1.82, 2.24) is 30.2 Å². The summed E-state index contributed by atoms with van der Waals surface area (Å²) in [5.41, 5.74) is 1.43. The smallest absolute Gasteiger partial charge is 0.326 e. The quantitative estimate of drug-likeness (QED) is 0.697. The molecule has 0 bridgehead atoms. The number of imide groups is 1. The van der Waals surface area contributed by atoms with Gasteiger partial charge in [-0.25, -0.2) is 9.69 Å². The van der Waals surface area contributed by atoms with E-state index < -0.39 is 5.54 Å². The van der Waals surface area contributed by atoms with E-state index in [1.807, 2.05) is 31.2 Å². The topological polar surface area (TPSA) is 94.8 Å². The van der Waals surface area contributed by atoms with Crippen molar-refractivity contribution < 1.29 is 14.1 Å². The summed E-state index contributed by atoms with van der Waals surface area (Å²) in [6.45, 7) is 6.18. The van der Waals surface area contributed by atoms with Gasteiger partial charge in [-0.1, -0.05) is 55.1 Å². The van der Waals surface area contributed by atoms with Crippen LogP contribution in [-0.2, 0) is 11.3 Å². The Morgan fingerprint density at radius 2 is 1.70 bits per heavy atom. The van der Waals surface area contributed by atoms with Crippen molar-refractivity contribution in [2.24, 2.45) is 0 Å². The number of hydrogen-bond acceptors (Lipinski definition) is 7. The standard InChI is InChI=1S/C24H32N6O3/c1-18-8-4-5-9-19(18)21-25-20(33-27-21)16-28-12-14-29(15-13-28)17-30-22(31)24(26-23(30)32)10-6-2-3-7-11-24/h4-5,8-9H,2-3,6-7,10-17H2,1H3,(H,26,32). The Balaban J connectivity index is 1.14. The zero-order valence-corrected chi connectivity index (χ0v) is 19.3. The number of nitrogens with zero attached hydrogens (tertiary/aromatic N) is 5. The van der Waals surface area contributed by atoms with E-state index in [9.17, 15) is 9.59 Å². The van der Waals surface area contributed by atoms with Crippen molar-refractivity contribution in [2.45, 2.75) is 57.5 Å². The number of aryl methyl sites for hydroxylation is 1. The lowest BCUT2D eigenvalue weighted by molar-refractivity contribution is -0.133. The van der Waals surface area contributed by atoms with Crippen molar-refractivity contribution in [3.05, 3.63) is 35.7 Å². The number of hydrogen-bond donors (Lipinski definition) is 1. The highest BCUT2D eigenvalue weighted by molar-refractivity contribution is 6.07. The highest BCUT2D eigenvalue weighted by Crippen LogP contribution is 2.32. The number of aromatic nitrogens is 2. The van der Waals surface area contributed by atoms with E-state index in [1.54, 1.807) is 0 Å². The number of amides is 3. The predicted octanol–water partition coefficient (Wildman–Crippen LogP) is 2.76. The Morgan fingerprint density at radius 1 is 1.00 bits per heavy atom. The van der Waals surface area contributed by atoms with E-state index in [0.717, 1.165) is 75.8 Å². The van der Waals surface area contributed by atoms with Crippen LogP contribution in [-0.4, -0.2) is 75.2 Å². The van der Waals surface area contributed by atoms with Gasteiger partial charge >= 0.3 is 6.03 Å². The molecule has 2 aliphatic heterocycles. The van der Waals surface area contributed by atoms with Crippen LogP contribution >= 0.6 is 0 Å². The van der Waals surface area contributed by atoms with Gasteiger partial charge in [0.25, 0.3) is 5.91 Å². The van der Waals surface area contributed by atoms with Crippen molar-refractivity contribution in [3.8, 4) is 11.4 Å². The third-order valence-corrected chi connectivity index (χ3v) is 7.22. The first kappa shape index (κ1) is 22.0. The molecule has 33 heavy (non-hydrogen) atoms. The number of nitrogens with one attached hydrogen (secondary N) is 1. The lowest BCUT2D eigenvalue weighted by Gasteiger charge is -2.35. The lowest BCUT2D eigenvalue weighted by Crippen LogP contribution is -2.51. The second-order valence-corrected chi connectivity index (χ2v) is 9.52. The maximum Gasteiger partial charge on any atom is 0.326 e. The molecule has 2 saturated heterocycles. The fourth-order valence-electron chi connectivity index (χ4n) is 5.21. The molecule has 3 fully saturated rings. The number of carbonyl (C=O) groups is 2. The van der Waals surface area contributed by atoms with E-state index in [1.165, 1.54) is 4.90 Å². The van der Waals surface area contributed by atoms with Gasteiger partial charge in [-0.05, 0) is 25.3 Å². The average Bonchev–Trinajstić information content (AvgIpc) is 3.25. The van der Waals surface area contributed by atoms with E-state index >= 15 is 0 Å². The predicted molar refractivity (Wildman–Crippen MR) is 122 cm³/mol. The third-order valence-electron chi connectivity index (χ3n) is 7.22. The Morgan fingerprint density at radius 3 is 2.42 bits per heavy atom. The average molecular weight is 453 g/mol. The van der Waals surface area contributed by atoms with Crippen molar-refractivity contribution in [2.75, 3.05) is 32.8 Å². The van der Waals surface area contributed by atoms with Gasteiger partial charge in [0.05, 0.1) is 13.2 Å². The molecule has 0 radical (unpaired) electrons. The van der Waals surface area contributed by atoms with Crippen molar-refractivity contribution in [3.63, 3.8) is 0 Å². The van der Waals surface area contributed by atoms with Gasteiger partial charge in [0.2, 0.25) is 11.7 Å². The van der Waals surface area contributed by atoms with Gasteiger partial charge in [0.1, 0.15) is 5.54 Å². The summed E-state index contributed by atoms with van der Waals surface area (Å²) in [6, 6.07) is 7.76. The number of piperazine rings is 1. The number of rotatable bonds is 5. The van der Waals surface area contributed by atoms with Gasteiger partial charge in [-0.15, -0.1) is 0 Å². The van der Waals surface area contributed by atoms with E-state index in [2.05, 4.69) is 25.3 Å². The van der Waals surface area contributed by atoms with Crippen LogP contribution in [0.4, 0.5) is 4.79 Å². The molecule has 3 aliphatic rings. The highest BCUT2D eigenvalue weighted by Gasteiger charge is 2.51. The Kier molecular flexibility index (Phi) is 6.16. The van der Waals surface area contributed by atoms with Crippen LogP contribution in [0, 0.1) is 6.92 Å². The SMILES string of the molecule is Cc1ccccc1-c1noc(CN2CCN(CN3C(=O)NC4(CCCCCC4)C3=O)CC2)n1. The summed E-state index contributed by atoms with van der Waals surface area (Å²) in [5, 5.41) is 7.18. The third kappa shape index (κ3) is 4.52. The monoisotopic (exact) mass is 452 g/mol. The fourth-order valence-corrected chi connectivity index (χ4v) is 5.21. The molecule has 1 aromatic carbocycles. The molecule has 9 nitrogen and oxygen atoms in total. The normalized spacial score (nSPS) is 22.0. The number of carbonyl (C=O) groups excluding carboxylic acids is 2. The highest BCUT2D eigenvalue weighted by atomic mass is 16.5. The molecule has 1 N–H and O–H groups in total. The molecule has 176 valence electrons. The first-order chi connectivity index (χ1) is 16.0. The van der Waals surface area contributed by atoms with E-state index in [4.69, 9.17) is 4.52 Å². The summed E-state index contributed by atoms with van der Waals surface area (Å²) in [7, 11) is 0. The van der Waals surface area contributed by atoms with Crippen LogP contribution < -0.4 is 5.32 Å². The molecule has 3 amide bonds. The van der Waals surface area contributed by atoms with Crippen LogP contribution in [0.3, 0.4) is 0 Å². The molecule has 0 unspecified atom stereocenters. The Hall–Kier alpha value is -2.78. The number of benzene rings is 1. The van der Waals surface area contributed by atoms with E-state index in [-0.39, 0.29) is 11.9 Å². The van der Waals surface area contributed by atoms with Gasteiger partial charge < -0.3 is 9.84 Å². The molecule has 9 heteroatoms. The van der Waals surface area contributed by atoms with Gasteiger partial charge in [0, 0.05) is 31.7 Å². The molecule has 3 heterocycles. The van der Waals surface area contributed by atoms with Gasteiger partial charge in [-0.3, -0.25) is 14.6 Å². The Bertz CT molecular complexity index is 1010. The van der Waals surface area contributed by atoms with Gasteiger partial charge in [-0.2, -0.15) is 4.98 Å². The molecule has 1 saturated carbocycles. The van der Waals surface area contributed by atoms with Gasteiger partial charge in [0.15, 0.2) is 0 Å². The molecular weight excluding hydrogens is 420 g/mol. The largest absolute Gasteiger partial charge is 0.338 e. The molecule has 5 rings (SSSR count). The number of urea groups is 1. The fraction of sp³-hybridized carbons (Fsp3) is 0.583. The summed E-state index contributed by atoms with van der Waals surface area (Å²) in [6.07, 6.45) is 5.80. The molecule has 1 spiro atoms. The minimum Gasteiger partial charge on any atom is -0.338 e. The second kappa shape index (κ2) is 9.23. The second-order valence-electron chi connectivity index (χ2n) is 9.52. The van der Waals surface area contributed by atoms with Crippen LogP contribution in [0.25, 0.3) is 11.4 Å². The first-order valence-electron chi connectivity index (χ1n) is 12.0. The Labute approximate surface area is 194 Å². The zero-order valence-electron chi connectivity index (χ0n) is 19.3. The van der Waals surface area contributed by atoms with Crippen LogP contribution in [0.1, 0.15) is 50.0 Å². The lowest BCUT2D eigenvalue weighted by atomic mass is 9.90. The minimum atomic E-state index is -0.665. The summed E-state index contributed by atoms with van der Waals surface area (Å²) >= 11 is 0. The first-order valence-corrected chi connectivity index (χ1v) is 12.0. The van der Waals surface area contributed by atoms with Crippen molar-refractivity contribution in [1.29, 1.82) is 0 Å². The maximum absolute atomic E-state index is 13.1. The molecule has 1 aliphatic carbocycles. The zero-order chi connectivity index (χ0) is 22.8. The van der Waals surface area contributed by atoms with Crippen LogP contribution in [0.2, 0.25) is 0 Å². The molecule has 1 aromatic heterocycles. The summed E-state index contributed by atoms with van der Waals surface area (Å²) in [4.78, 5) is 36.2. The van der Waals surface area contributed by atoms with Crippen LogP contribution in [0.15, 0.2) is 28.8 Å².